The highest BCUT2D eigenvalue weighted by molar-refractivity contribution is 7.09. The first-order chi connectivity index (χ1) is 7.13. The molecule has 15 heavy (non-hydrogen) atoms. The van der Waals surface area contributed by atoms with E-state index in [2.05, 4.69) is 21.2 Å². The summed E-state index contributed by atoms with van der Waals surface area (Å²) in [6.07, 6.45) is 3.05. The Morgan fingerprint density at radius 3 is 2.87 bits per heavy atom. The molecule has 0 aliphatic rings. The minimum atomic E-state index is 0.246. The largest absolute Gasteiger partial charge is 0.350 e. The average molecular weight is 228 g/mol. The van der Waals surface area contributed by atoms with Crippen LogP contribution < -0.4 is 10.6 Å². The standard InChI is InChI=1S/C10H20N4S/c1-4-5-9-12-10(15-13-9)14(3)7-6-8(2)11/h8H,4-7,11H2,1-3H3. The fourth-order valence-corrected chi connectivity index (χ4v) is 1.91. The number of aryl methyl sites for hydroxylation is 1. The van der Waals surface area contributed by atoms with E-state index < -0.39 is 0 Å². The van der Waals surface area contributed by atoms with Gasteiger partial charge in [-0.15, -0.1) is 0 Å². The van der Waals surface area contributed by atoms with Gasteiger partial charge in [0.25, 0.3) is 0 Å². The molecule has 0 amide bonds. The highest BCUT2D eigenvalue weighted by Gasteiger charge is 2.08. The van der Waals surface area contributed by atoms with E-state index in [0.29, 0.717) is 0 Å². The maximum absolute atomic E-state index is 5.71. The second-order valence-electron chi connectivity index (χ2n) is 3.93. The molecule has 1 aromatic rings. The summed E-state index contributed by atoms with van der Waals surface area (Å²) in [5, 5.41) is 0.999. The third-order valence-corrected chi connectivity index (χ3v) is 3.05. The van der Waals surface area contributed by atoms with Crippen molar-refractivity contribution >= 4 is 16.7 Å². The lowest BCUT2D eigenvalue weighted by Crippen LogP contribution is -2.25. The van der Waals surface area contributed by atoms with E-state index in [1.54, 1.807) is 0 Å². The van der Waals surface area contributed by atoms with Crippen molar-refractivity contribution in [2.45, 2.75) is 39.2 Å². The van der Waals surface area contributed by atoms with Gasteiger partial charge in [-0.1, -0.05) is 6.92 Å². The molecule has 0 saturated heterocycles. The smallest absolute Gasteiger partial charge is 0.204 e. The Labute approximate surface area is 95.7 Å². The Hall–Kier alpha value is -0.680. The highest BCUT2D eigenvalue weighted by Crippen LogP contribution is 2.16. The van der Waals surface area contributed by atoms with Crippen molar-refractivity contribution in [3.8, 4) is 0 Å². The van der Waals surface area contributed by atoms with Crippen LogP contribution in [0.15, 0.2) is 0 Å². The molecule has 4 nitrogen and oxygen atoms in total. The maximum atomic E-state index is 5.71. The highest BCUT2D eigenvalue weighted by atomic mass is 32.1. The third-order valence-electron chi connectivity index (χ3n) is 2.18. The predicted molar refractivity (Wildman–Crippen MR) is 65.4 cm³/mol. The van der Waals surface area contributed by atoms with Gasteiger partial charge in [-0.25, -0.2) is 4.98 Å². The maximum Gasteiger partial charge on any atom is 0.204 e. The zero-order chi connectivity index (χ0) is 11.3. The van der Waals surface area contributed by atoms with Crippen LogP contribution in [0.5, 0.6) is 0 Å². The Kier molecular flexibility index (Phi) is 4.98. The van der Waals surface area contributed by atoms with Crippen molar-refractivity contribution in [1.29, 1.82) is 0 Å². The first-order valence-corrected chi connectivity index (χ1v) is 6.20. The summed E-state index contributed by atoms with van der Waals surface area (Å²) in [6, 6.07) is 0.246. The quantitative estimate of drug-likeness (QED) is 0.804. The molecule has 1 atom stereocenters. The molecule has 0 aliphatic carbocycles. The Bertz CT molecular complexity index is 285. The minimum Gasteiger partial charge on any atom is -0.350 e. The van der Waals surface area contributed by atoms with E-state index in [1.165, 1.54) is 11.5 Å². The number of nitrogens with zero attached hydrogens (tertiary/aromatic N) is 3. The molecule has 0 bridgehead atoms. The molecular formula is C10H20N4S. The van der Waals surface area contributed by atoms with Crippen LogP contribution >= 0.6 is 11.5 Å². The normalized spacial score (nSPS) is 12.8. The number of anilines is 1. The number of hydrogen-bond acceptors (Lipinski definition) is 5. The van der Waals surface area contributed by atoms with Gasteiger partial charge >= 0.3 is 0 Å². The summed E-state index contributed by atoms with van der Waals surface area (Å²) < 4.78 is 4.31. The van der Waals surface area contributed by atoms with Crippen molar-refractivity contribution in [3.05, 3.63) is 5.82 Å². The van der Waals surface area contributed by atoms with E-state index in [1.807, 2.05) is 14.0 Å². The van der Waals surface area contributed by atoms with Crippen LogP contribution in [0, 0.1) is 0 Å². The third kappa shape index (κ3) is 4.13. The van der Waals surface area contributed by atoms with E-state index in [0.717, 1.165) is 36.8 Å². The second kappa shape index (κ2) is 6.02. The van der Waals surface area contributed by atoms with Crippen LogP contribution in [0.2, 0.25) is 0 Å². The SMILES string of the molecule is CCCc1nsc(N(C)CCC(C)N)n1. The molecule has 1 rings (SSSR count). The van der Waals surface area contributed by atoms with Crippen LogP contribution in [0.4, 0.5) is 5.13 Å². The molecule has 1 aromatic heterocycles. The van der Waals surface area contributed by atoms with Crippen LogP contribution in [-0.2, 0) is 6.42 Å². The summed E-state index contributed by atoms with van der Waals surface area (Å²) in [5.74, 6) is 0.963. The van der Waals surface area contributed by atoms with Crippen LogP contribution in [0.3, 0.4) is 0 Å². The molecule has 1 heterocycles. The van der Waals surface area contributed by atoms with Gasteiger partial charge in [-0.3, -0.25) is 0 Å². The first-order valence-electron chi connectivity index (χ1n) is 5.42. The van der Waals surface area contributed by atoms with Crippen LogP contribution in [0.1, 0.15) is 32.5 Å². The molecule has 0 aromatic carbocycles. The van der Waals surface area contributed by atoms with Gasteiger partial charge in [0.15, 0.2) is 0 Å². The Morgan fingerprint density at radius 2 is 2.27 bits per heavy atom. The summed E-state index contributed by atoms with van der Waals surface area (Å²) in [4.78, 5) is 6.60. The molecule has 5 heteroatoms. The van der Waals surface area contributed by atoms with Crippen molar-refractivity contribution in [3.63, 3.8) is 0 Å². The molecule has 1 unspecified atom stereocenters. The van der Waals surface area contributed by atoms with Gasteiger partial charge in [0, 0.05) is 37.6 Å². The summed E-state index contributed by atoms with van der Waals surface area (Å²) in [5.41, 5.74) is 5.71. The summed E-state index contributed by atoms with van der Waals surface area (Å²) >= 11 is 1.47. The van der Waals surface area contributed by atoms with E-state index in [9.17, 15) is 0 Å². The van der Waals surface area contributed by atoms with Crippen molar-refractivity contribution in [2.75, 3.05) is 18.5 Å². The van der Waals surface area contributed by atoms with E-state index in [4.69, 9.17) is 5.73 Å². The molecule has 0 radical (unpaired) electrons. The minimum absolute atomic E-state index is 0.246. The number of aromatic nitrogens is 2. The van der Waals surface area contributed by atoms with Gasteiger partial charge in [-0.05, 0) is 19.8 Å². The molecule has 0 aliphatic heterocycles. The van der Waals surface area contributed by atoms with Gasteiger partial charge in [-0.2, -0.15) is 4.37 Å². The fourth-order valence-electron chi connectivity index (χ4n) is 1.22. The first kappa shape index (κ1) is 12.4. The van der Waals surface area contributed by atoms with Gasteiger partial charge < -0.3 is 10.6 Å². The topological polar surface area (TPSA) is 55.0 Å². The van der Waals surface area contributed by atoms with E-state index in [-0.39, 0.29) is 6.04 Å². The Balaban J connectivity index is 2.46. The van der Waals surface area contributed by atoms with Gasteiger partial charge in [0.2, 0.25) is 5.13 Å². The molecule has 2 N–H and O–H groups in total. The monoisotopic (exact) mass is 228 g/mol. The zero-order valence-corrected chi connectivity index (χ0v) is 10.5. The number of nitrogens with two attached hydrogens (primary N) is 1. The summed E-state index contributed by atoms with van der Waals surface area (Å²) in [6.45, 7) is 5.11. The van der Waals surface area contributed by atoms with Crippen molar-refractivity contribution < 1.29 is 0 Å². The molecule has 0 spiro atoms. The van der Waals surface area contributed by atoms with Crippen molar-refractivity contribution in [1.82, 2.24) is 9.36 Å². The van der Waals surface area contributed by atoms with Crippen molar-refractivity contribution in [2.24, 2.45) is 5.73 Å². The summed E-state index contributed by atoms with van der Waals surface area (Å²) in [7, 11) is 2.04. The lowest BCUT2D eigenvalue weighted by molar-refractivity contribution is 0.658. The molecule has 0 saturated carbocycles. The van der Waals surface area contributed by atoms with E-state index >= 15 is 0 Å². The molecule has 86 valence electrons. The lowest BCUT2D eigenvalue weighted by Gasteiger charge is -2.15. The second-order valence-corrected chi connectivity index (χ2v) is 4.66. The molecule has 0 fully saturated rings. The number of rotatable bonds is 6. The van der Waals surface area contributed by atoms with Gasteiger partial charge in [0.05, 0.1) is 0 Å². The predicted octanol–water partition coefficient (Wildman–Crippen LogP) is 1.66. The van der Waals surface area contributed by atoms with Crippen LogP contribution in [-0.4, -0.2) is 29.0 Å². The molecular weight excluding hydrogens is 208 g/mol. The zero-order valence-electron chi connectivity index (χ0n) is 9.73. The van der Waals surface area contributed by atoms with Crippen LogP contribution in [0.25, 0.3) is 0 Å². The van der Waals surface area contributed by atoms with Gasteiger partial charge in [0.1, 0.15) is 5.82 Å². The average Bonchev–Trinajstić information content (AvgIpc) is 2.63. The fraction of sp³-hybridized carbons (Fsp3) is 0.800. The Morgan fingerprint density at radius 1 is 1.53 bits per heavy atom. The lowest BCUT2D eigenvalue weighted by atomic mass is 10.2. The number of hydrogen-bond donors (Lipinski definition) is 1.